The molecule has 94 valence electrons. The summed E-state index contributed by atoms with van der Waals surface area (Å²) in [4.78, 5) is 23.9. The van der Waals surface area contributed by atoms with Crippen molar-refractivity contribution in [1.82, 2.24) is 14.7 Å². The molecule has 0 spiro atoms. The number of amides is 1. The highest BCUT2D eigenvalue weighted by atomic mass is 16.4. The molecule has 0 unspecified atom stereocenters. The van der Waals surface area contributed by atoms with Crippen LogP contribution in [0.3, 0.4) is 0 Å². The number of aromatic nitrogens is 2. The van der Waals surface area contributed by atoms with Crippen LogP contribution in [0, 0.1) is 0 Å². The van der Waals surface area contributed by atoms with Gasteiger partial charge in [-0.05, 0) is 12.0 Å². The highest BCUT2D eigenvalue weighted by Crippen LogP contribution is 2.02. The number of hydrogen-bond donors (Lipinski definition) is 1. The first kappa shape index (κ1) is 13.2. The van der Waals surface area contributed by atoms with E-state index in [1.807, 2.05) is 6.92 Å². The van der Waals surface area contributed by atoms with Crippen LogP contribution in [0.4, 0.5) is 0 Å². The van der Waals surface area contributed by atoms with E-state index in [0.29, 0.717) is 6.54 Å². The molecule has 1 aromatic rings. The summed E-state index contributed by atoms with van der Waals surface area (Å²) >= 11 is 0. The van der Waals surface area contributed by atoms with Gasteiger partial charge in [0.1, 0.15) is 6.54 Å². The largest absolute Gasteiger partial charge is 0.480 e. The second-order valence-electron chi connectivity index (χ2n) is 3.91. The third-order valence-electron chi connectivity index (χ3n) is 2.29. The Morgan fingerprint density at radius 2 is 2.24 bits per heavy atom. The van der Waals surface area contributed by atoms with Crippen LogP contribution in [0.2, 0.25) is 0 Å². The molecule has 1 rings (SSSR count). The normalized spacial score (nSPS) is 10.2. The fourth-order valence-corrected chi connectivity index (χ4v) is 1.57. The van der Waals surface area contributed by atoms with Crippen molar-refractivity contribution in [3.05, 3.63) is 18.0 Å². The smallest absolute Gasteiger partial charge is 0.323 e. The maximum atomic E-state index is 11.9. The van der Waals surface area contributed by atoms with E-state index < -0.39 is 5.97 Å². The zero-order valence-electron chi connectivity index (χ0n) is 10.1. The second-order valence-corrected chi connectivity index (χ2v) is 3.91. The lowest BCUT2D eigenvalue weighted by atomic mass is 10.2. The molecule has 1 amide bonds. The first-order valence-electron chi connectivity index (χ1n) is 5.50. The van der Waals surface area contributed by atoms with Crippen molar-refractivity contribution in [1.29, 1.82) is 0 Å². The molecule has 1 aromatic heterocycles. The summed E-state index contributed by atoms with van der Waals surface area (Å²) in [5.74, 6) is -1.17. The minimum atomic E-state index is -0.988. The number of carbonyl (C=O) groups excluding carboxylic acids is 1. The molecule has 1 heterocycles. The third-order valence-corrected chi connectivity index (χ3v) is 2.29. The Hall–Kier alpha value is -1.85. The first-order valence-corrected chi connectivity index (χ1v) is 5.50. The van der Waals surface area contributed by atoms with Gasteiger partial charge in [-0.1, -0.05) is 6.92 Å². The summed E-state index contributed by atoms with van der Waals surface area (Å²) in [6.07, 6.45) is 4.30. The molecule has 17 heavy (non-hydrogen) atoms. The molecule has 0 aliphatic rings. The Morgan fingerprint density at radius 1 is 1.53 bits per heavy atom. The molecule has 0 aliphatic heterocycles. The quantitative estimate of drug-likeness (QED) is 0.774. The Morgan fingerprint density at radius 3 is 2.71 bits per heavy atom. The summed E-state index contributed by atoms with van der Waals surface area (Å²) in [6.45, 7) is 2.13. The lowest BCUT2D eigenvalue weighted by Crippen LogP contribution is -2.37. The van der Waals surface area contributed by atoms with E-state index in [2.05, 4.69) is 5.10 Å². The van der Waals surface area contributed by atoms with Gasteiger partial charge in [0.2, 0.25) is 5.91 Å². The van der Waals surface area contributed by atoms with Gasteiger partial charge < -0.3 is 10.0 Å². The summed E-state index contributed by atoms with van der Waals surface area (Å²) in [7, 11) is 1.77. The molecule has 0 fully saturated rings. The van der Waals surface area contributed by atoms with Crippen molar-refractivity contribution in [2.45, 2.75) is 19.8 Å². The van der Waals surface area contributed by atoms with Crippen LogP contribution < -0.4 is 0 Å². The van der Waals surface area contributed by atoms with Gasteiger partial charge in [-0.15, -0.1) is 0 Å². The molecule has 1 N–H and O–H groups in total. The number of carboxylic acid groups (broad SMARTS) is 1. The van der Waals surface area contributed by atoms with E-state index >= 15 is 0 Å². The number of aliphatic carboxylic acids is 1. The van der Waals surface area contributed by atoms with E-state index in [1.54, 1.807) is 24.1 Å². The van der Waals surface area contributed by atoms with Gasteiger partial charge in [0, 0.05) is 19.8 Å². The summed E-state index contributed by atoms with van der Waals surface area (Å²) in [5.41, 5.74) is 0.795. The lowest BCUT2D eigenvalue weighted by molar-refractivity contribution is -0.144. The van der Waals surface area contributed by atoms with Crippen LogP contribution in [0.25, 0.3) is 0 Å². The predicted molar refractivity (Wildman–Crippen MR) is 61.4 cm³/mol. The summed E-state index contributed by atoms with van der Waals surface area (Å²) < 4.78 is 1.62. The SMILES string of the molecule is CCCN(CC(=O)O)C(=O)Cc1cnn(C)c1. The van der Waals surface area contributed by atoms with E-state index in [0.717, 1.165) is 12.0 Å². The molecule has 0 radical (unpaired) electrons. The van der Waals surface area contributed by atoms with Crippen LogP contribution in [0.15, 0.2) is 12.4 Å². The number of hydrogen-bond acceptors (Lipinski definition) is 3. The zero-order chi connectivity index (χ0) is 12.8. The fraction of sp³-hybridized carbons (Fsp3) is 0.545. The monoisotopic (exact) mass is 239 g/mol. The standard InChI is InChI=1S/C11H17N3O3/c1-3-4-14(8-11(16)17)10(15)5-9-6-12-13(2)7-9/h6-7H,3-5,8H2,1-2H3,(H,16,17). The average molecular weight is 239 g/mol. The van der Waals surface area contributed by atoms with Crippen LogP contribution >= 0.6 is 0 Å². The second kappa shape index (κ2) is 6.03. The molecule has 0 atom stereocenters. The topological polar surface area (TPSA) is 75.4 Å². The van der Waals surface area contributed by atoms with Gasteiger partial charge in [-0.2, -0.15) is 5.10 Å². The van der Waals surface area contributed by atoms with Crippen molar-refractivity contribution in [2.24, 2.45) is 7.05 Å². The van der Waals surface area contributed by atoms with Crippen molar-refractivity contribution >= 4 is 11.9 Å². The van der Waals surface area contributed by atoms with Crippen molar-refractivity contribution in [3.63, 3.8) is 0 Å². The highest BCUT2D eigenvalue weighted by molar-refractivity contribution is 5.82. The average Bonchev–Trinajstić information content (AvgIpc) is 2.62. The molecule has 6 nitrogen and oxygen atoms in total. The minimum Gasteiger partial charge on any atom is -0.480 e. The fourth-order valence-electron chi connectivity index (χ4n) is 1.57. The van der Waals surface area contributed by atoms with Gasteiger partial charge in [0.15, 0.2) is 0 Å². The molecule has 0 saturated heterocycles. The van der Waals surface area contributed by atoms with E-state index in [9.17, 15) is 9.59 Å². The van der Waals surface area contributed by atoms with Gasteiger partial charge in [0.05, 0.1) is 12.6 Å². The van der Waals surface area contributed by atoms with Crippen LogP contribution in [0.5, 0.6) is 0 Å². The minimum absolute atomic E-state index is 0.178. The van der Waals surface area contributed by atoms with Gasteiger partial charge in [0.25, 0.3) is 0 Å². The Labute approximate surface area is 99.8 Å². The third kappa shape index (κ3) is 4.26. The Balaban J connectivity index is 2.61. The van der Waals surface area contributed by atoms with Gasteiger partial charge in [-0.25, -0.2) is 0 Å². The summed E-state index contributed by atoms with van der Waals surface area (Å²) in [5, 5.41) is 12.7. The molecule has 0 saturated carbocycles. The van der Waals surface area contributed by atoms with Crippen molar-refractivity contribution in [2.75, 3.05) is 13.1 Å². The van der Waals surface area contributed by atoms with Crippen molar-refractivity contribution in [3.8, 4) is 0 Å². The van der Waals surface area contributed by atoms with E-state index in [-0.39, 0.29) is 18.9 Å². The van der Waals surface area contributed by atoms with Crippen LogP contribution in [0.1, 0.15) is 18.9 Å². The van der Waals surface area contributed by atoms with Gasteiger partial charge in [-0.3, -0.25) is 14.3 Å². The number of carbonyl (C=O) groups is 2. The van der Waals surface area contributed by atoms with E-state index in [1.165, 1.54) is 4.90 Å². The lowest BCUT2D eigenvalue weighted by Gasteiger charge is -2.19. The molecular formula is C11H17N3O3. The number of rotatable bonds is 6. The maximum absolute atomic E-state index is 11.9. The number of nitrogens with zero attached hydrogens (tertiary/aromatic N) is 3. The number of aryl methyl sites for hydroxylation is 1. The van der Waals surface area contributed by atoms with Gasteiger partial charge >= 0.3 is 5.97 Å². The summed E-state index contributed by atoms with van der Waals surface area (Å²) in [6, 6.07) is 0. The first-order chi connectivity index (χ1) is 8.02. The number of carboxylic acids is 1. The molecule has 0 aromatic carbocycles. The molecule has 0 aliphatic carbocycles. The zero-order valence-corrected chi connectivity index (χ0v) is 10.1. The Bertz CT molecular complexity index is 400. The molecular weight excluding hydrogens is 222 g/mol. The predicted octanol–water partition coefficient (Wildman–Crippen LogP) is 0.286. The van der Waals surface area contributed by atoms with Crippen LogP contribution in [-0.4, -0.2) is 44.8 Å². The van der Waals surface area contributed by atoms with E-state index in [4.69, 9.17) is 5.11 Å². The molecule has 0 bridgehead atoms. The van der Waals surface area contributed by atoms with Crippen LogP contribution in [-0.2, 0) is 23.1 Å². The molecule has 6 heteroatoms. The van der Waals surface area contributed by atoms with Crippen molar-refractivity contribution < 1.29 is 14.7 Å². The highest BCUT2D eigenvalue weighted by Gasteiger charge is 2.16. The maximum Gasteiger partial charge on any atom is 0.323 e. The Kier molecular flexibility index (Phi) is 4.68.